The highest BCUT2D eigenvalue weighted by atomic mass is 32.2. The number of carbonyl (C=O) groups is 1. The van der Waals surface area contributed by atoms with Gasteiger partial charge in [-0.15, -0.1) is 0 Å². The van der Waals surface area contributed by atoms with E-state index in [1.807, 2.05) is 37.3 Å². The number of ether oxygens (including phenoxy) is 1. The van der Waals surface area contributed by atoms with Crippen molar-refractivity contribution in [2.75, 3.05) is 5.75 Å². The Morgan fingerprint density at radius 2 is 1.66 bits per heavy atom. The van der Waals surface area contributed by atoms with Crippen LogP contribution in [0.1, 0.15) is 31.9 Å². The average molecular weight is 440 g/mol. The molecule has 2 rings (SSSR count). The van der Waals surface area contributed by atoms with E-state index in [0.29, 0.717) is 5.75 Å². The van der Waals surface area contributed by atoms with Crippen LogP contribution in [0.3, 0.4) is 0 Å². The van der Waals surface area contributed by atoms with E-state index in [1.165, 1.54) is 12.1 Å². The molecule has 0 aliphatic rings. The van der Waals surface area contributed by atoms with Crippen LogP contribution in [0.15, 0.2) is 59.5 Å². The van der Waals surface area contributed by atoms with Gasteiger partial charge in [-0.1, -0.05) is 68.8 Å². The third-order valence-corrected chi connectivity index (χ3v) is 5.80. The summed E-state index contributed by atoms with van der Waals surface area (Å²) in [5, 5.41) is 0. The Morgan fingerprint density at radius 3 is 2.14 bits per heavy atom. The molecule has 0 spiro atoms. The van der Waals surface area contributed by atoms with Crippen molar-refractivity contribution in [1.29, 1.82) is 0 Å². The minimum absolute atomic E-state index is 0.0666. The van der Waals surface area contributed by atoms with Gasteiger partial charge in [0, 0.05) is 10.5 Å². The number of carbonyl (C=O) groups excluding carboxylic acids is 1. The molecule has 0 amide bonds. The highest BCUT2D eigenvalue weighted by Crippen LogP contribution is 2.23. The molecule has 29 heavy (non-hydrogen) atoms. The number of hydrogen-bond donors (Lipinski definition) is 2. The first kappa shape index (κ1) is 25.2. The SMILES string of the molecule is CC(C)(C)SC[C@H](N)C(=O)OCc1ccccc1.Cc1ccc(S(=O)(=O)O)cc1. The molecule has 0 aliphatic heterocycles. The van der Waals surface area contributed by atoms with E-state index in [-0.39, 0.29) is 22.2 Å². The van der Waals surface area contributed by atoms with Crippen molar-refractivity contribution < 1.29 is 22.5 Å². The Hall–Kier alpha value is -1.87. The molecule has 2 aromatic rings. The number of rotatable bonds is 6. The van der Waals surface area contributed by atoms with E-state index in [2.05, 4.69) is 20.8 Å². The summed E-state index contributed by atoms with van der Waals surface area (Å²) in [6.45, 7) is 8.42. The summed E-state index contributed by atoms with van der Waals surface area (Å²) in [5.74, 6) is 0.243. The van der Waals surface area contributed by atoms with E-state index in [9.17, 15) is 13.2 Å². The third-order valence-electron chi connectivity index (χ3n) is 3.54. The summed E-state index contributed by atoms with van der Waals surface area (Å²) in [4.78, 5) is 11.6. The van der Waals surface area contributed by atoms with Crippen LogP contribution in [0.25, 0.3) is 0 Å². The molecule has 0 saturated carbocycles. The zero-order valence-corrected chi connectivity index (χ0v) is 18.8. The molecule has 0 unspecified atom stereocenters. The lowest BCUT2D eigenvalue weighted by atomic mass is 10.2. The van der Waals surface area contributed by atoms with Gasteiger partial charge in [0.2, 0.25) is 0 Å². The van der Waals surface area contributed by atoms with Crippen molar-refractivity contribution >= 4 is 27.8 Å². The van der Waals surface area contributed by atoms with Gasteiger partial charge in [0.05, 0.1) is 4.90 Å². The van der Waals surface area contributed by atoms with Crippen LogP contribution >= 0.6 is 11.8 Å². The molecule has 0 heterocycles. The second-order valence-corrected chi connectivity index (χ2v) is 10.7. The Balaban J connectivity index is 0.000000326. The lowest BCUT2D eigenvalue weighted by Crippen LogP contribution is -2.35. The summed E-state index contributed by atoms with van der Waals surface area (Å²) >= 11 is 1.67. The molecule has 6 nitrogen and oxygen atoms in total. The molecule has 3 N–H and O–H groups in total. The van der Waals surface area contributed by atoms with Crippen LogP contribution in [0.5, 0.6) is 0 Å². The van der Waals surface area contributed by atoms with Crippen molar-refractivity contribution in [1.82, 2.24) is 0 Å². The molecule has 0 saturated heterocycles. The second-order valence-electron chi connectivity index (χ2n) is 7.41. The van der Waals surface area contributed by atoms with Gasteiger partial charge in [0.15, 0.2) is 0 Å². The van der Waals surface area contributed by atoms with Gasteiger partial charge >= 0.3 is 5.97 Å². The summed E-state index contributed by atoms with van der Waals surface area (Å²) < 4.78 is 34.8. The first-order valence-corrected chi connectivity index (χ1v) is 11.5. The lowest BCUT2D eigenvalue weighted by molar-refractivity contribution is -0.145. The lowest BCUT2D eigenvalue weighted by Gasteiger charge is -2.19. The summed E-state index contributed by atoms with van der Waals surface area (Å²) in [6.07, 6.45) is 0. The molecule has 0 aromatic heterocycles. The normalized spacial score (nSPS) is 12.5. The molecule has 0 fully saturated rings. The summed E-state index contributed by atoms with van der Waals surface area (Å²) in [5.41, 5.74) is 7.72. The zero-order valence-electron chi connectivity index (χ0n) is 17.2. The molecule has 1 atom stereocenters. The van der Waals surface area contributed by atoms with Crippen LogP contribution in [0.2, 0.25) is 0 Å². The van der Waals surface area contributed by atoms with Crippen LogP contribution in [0.4, 0.5) is 0 Å². The highest BCUT2D eigenvalue weighted by molar-refractivity contribution is 8.00. The van der Waals surface area contributed by atoms with E-state index in [0.717, 1.165) is 11.1 Å². The molecule has 160 valence electrons. The average Bonchev–Trinajstić information content (AvgIpc) is 2.64. The van der Waals surface area contributed by atoms with E-state index in [1.54, 1.807) is 23.9 Å². The maximum absolute atomic E-state index is 11.7. The minimum Gasteiger partial charge on any atom is -0.460 e. The van der Waals surface area contributed by atoms with Crippen LogP contribution in [-0.2, 0) is 26.3 Å². The van der Waals surface area contributed by atoms with Gasteiger partial charge in [-0.2, -0.15) is 20.2 Å². The zero-order chi connectivity index (χ0) is 22.1. The molecule has 0 aliphatic carbocycles. The Bertz CT molecular complexity index is 860. The number of benzene rings is 2. The first-order valence-electron chi connectivity index (χ1n) is 9.03. The van der Waals surface area contributed by atoms with Gasteiger partial charge in [0.25, 0.3) is 10.1 Å². The van der Waals surface area contributed by atoms with Crippen molar-refractivity contribution in [2.45, 2.75) is 50.0 Å². The maximum Gasteiger partial charge on any atom is 0.324 e. The van der Waals surface area contributed by atoms with E-state index < -0.39 is 16.2 Å². The first-order chi connectivity index (χ1) is 13.4. The van der Waals surface area contributed by atoms with Crippen LogP contribution in [0, 0.1) is 6.92 Å². The predicted molar refractivity (Wildman–Crippen MR) is 117 cm³/mol. The van der Waals surface area contributed by atoms with Crippen LogP contribution < -0.4 is 5.73 Å². The van der Waals surface area contributed by atoms with Crippen molar-refractivity contribution in [3.63, 3.8) is 0 Å². The maximum atomic E-state index is 11.7. The topological polar surface area (TPSA) is 107 Å². The second kappa shape index (κ2) is 11.3. The standard InChI is InChI=1S/C14H21NO2S.C7H8O3S/c1-14(2,3)18-10-12(15)13(16)17-9-11-7-5-4-6-8-11;1-6-2-4-7(5-3-6)11(8,9)10/h4-8,12H,9-10,15H2,1-3H3;2-5H,1H3,(H,8,9,10)/t12-;/m0./s1. The van der Waals surface area contributed by atoms with Crippen molar-refractivity contribution in [2.24, 2.45) is 5.73 Å². The Kier molecular flexibility index (Phi) is 9.85. The van der Waals surface area contributed by atoms with E-state index in [4.69, 9.17) is 15.0 Å². The molecular weight excluding hydrogens is 410 g/mol. The predicted octanol–water partition coefficient (Wildman–Crippen LogP) is 3.83. The summed E-state index contributed by atoms with van der Waals surface area (Å²) in [7, 11) is -4.02. The van der Waals surface area contributed by atoms with Gasteiger partial charge in [-0.3, -0.25) is 9.35 Å². The fourth-order valence-electron chi connectivity index (χ4n) is 1.95. The minimum atomic E-state index is -4.02. The van der Waals surface area contributed by atoms with Gasteiger partial charge in [-0.05, 0) is 24.6 Å². The highest BCUT2D eigenvalue weighted by Gasteiger charge is 2.19. The van der Waals surface area contributed by atoms with Crippen molar-refractivity contribution in [3.8, 4) is 0 Å². The molecule has 8 heteroatoms. The summed E-state index contributed by atoms with van der Waals surface area (Å²) in [6, 6.07) is 15.0. The Morgan fingerprint density at radius 1 is 1.10 bits per heavy atom. The molecule has 2 aromatic carbocycles. The third kappa shape index (κ3) is 11.0. The number of esters is 1. The number of aryl methyl sites for hydroxylation is 1. The smallest absolute Gasteiger partial charge is 0.324 e. The number of thioether (sulfide) groups is 1. The van der Waals surface area contributed by atoms with Crippen molar-refractivity contribution in [3.05, 3.63) is 65.7 Å². The quantitative estimate of drug-likeness (QED) is 0.520. The van der Waals surface area contributed by atoms with Gasteiger partial charge < -0.3 is 10.5 Å². The monoisotopic (exact) mass is 439 g/mol. The van der Waals surface area contributed by atoms with E-state index >= 15 is 0 Å². The largest absolute Gasteiger partial charge is 0.460 e. The molecular formula is C21H29NO5S2. The fraction of sp³-hybridized carbons (Fsp3) is 0.381. The molecule has 0 radical (unpaired) electrons. The van der Waals surface area contributed by atoms with Gasteiger partial charge in [0.1, 0.15) is 12.6 Å². The number of hydrogen-bond acceptors (Lipinski definition) is 6. The Labute approximate surface area is 177 Å². The number of nitrogens with two attached hydrogens (primary N) is 1. The fourth-order valence-corrected chi connectivity index (χ4v) is 3.25. The molecule has 0 bridgehead atoms. The van der Waals surface area contributed by atoms with Crippen LogP contribution in [-0.4, -0.2) is 35.5 Å². The van der Waals surface area contributed by atoms with Gasteiger partial charge in [-0.25, -0.2) is 0 Å².